The van der Waals surface area contributed by atoms with Crippen LogP contribution in [0.5, 0.6) is 0 Å². The molecular formula is C10H20N2S. The summed E-state index contributed by atoms with van der Waals surface area (Å²) in [6.07, 6.45) is 2.77. The lowest BCUT2D eigenvalue weighted by molar-refractivity contribution is 0.0569. The molecule has 0 unspecified atom stereocenters. The van der Waals surface area contributed by atoms with E-state index in [-0.39, 0.29) is 0 Å². The molecule has 0 N–H and O–H groups in total. The highest BCUT2D eigenvalue weighted by Crippen LogP contribution is 2.44. The Labute approximate surface area is 86.7 Å². The Balaban J connectivity index is 1.99. The average Bonchev–Trinajstić information content (AvgIpc) is 2.85. The highest BCUT2D eigenvalue weighted by molar-refractivity contribution is 7.80. The molecule has 0 aromatic heterocycles. The Kier molecular flexibility index (Phi) is 2.60. The first-order valence-corrected chi connectivity index (χ1v) is 5.91. The van der Waals surface area contributed by atoms with Crippen LogP contribution in [-0.4, -0.2) is 46.9 Å². The van der Waals surface area contributed by atoms with Crippen molar-refractivity contribution in [2.45, 2.75) is 38.3 Å². The van der Waals surface area contributed by atoms with E-state index in [0.717, 1.165) is 5.88 Å². The van der Waals surface area contributed by atoms with Gasteiger partial charge in [0.15, 0.2) is 0 Å². The molecule has 0 radical (unpaired) electrons. The summed E-state index contributed by atoms with van der Waals surface area (Å²) in [5, 5.41) is 0. The van der Waals surface area contributed by atoms with Crippen molar-refractivity contribution >= 4 is 12.6 Å². The Morgan fingerprint density at radius 1 is 1.31 bits per heavy atom. The van der Waals surface area contributed by atoms with Gasteiger partial charge < -0.3 is 0 Å². The van der Waals surface area contributed by atoms with Gasteiger partial charge in [-0.1, -0.05) is 0 Å². The van der Waals surface area contributed by atoms with E-state index in [1.807, 2.05) is 0 Å². The number of piperazine rings is 1. The second-order valence-electron chi connectivity index (χ2n) is 4.69. The lowest BCUT2D eigenvalue weighted by atomic mass is 10.1. The molecule has 0 atom stereocenters. The quantitative estimate of drug-likeness (QED) is 0.674. The van der Waals surface area contributed by atoms with E-state index in [2.05, 4.69) is 36.3 Å². The summed E-state index contributed by atoms with van der Waals surface area (Å²) < 4.78 is 0. The van der Waals surface area contributed by atoms with Crippen molar-refractivity contribution in [3.8, 4) is 0 Å². The molecule has 1 heterocycles. The van der Waals surface area contributed by atoms with Crippen LogP contribution in [0.3, 0.4) is 0 Å². The standard InChI is InChI=1S/C10H20N2S/c1-9(2)11-5-6-12(8-13)10(7-11)3-4-10/h9,13H,3-8H2,1-2H3. The molecule has 2 aliphatic rings. The minimum Gasteiger partial charge on any atom is -0.298 e. The van der Waals surface area contributed by atoms with Gasteiger partial charge in [0.2, 0.25) is 0 Å². The van der Waals surface area contributed by atoms with E-state index in [1.165, 1.54) is 32.5 Å². The Hall–Kier alpha value is 0.270. The maximum atomic E-state index is 4.41. The molecule has 2 fully saturated rings. The number of nitrogens with zero attached hydrogens (tertiary/aromatic N) is 2. The fourth-order valence-corrected chi connectivity index (χ4v) is 2.76. The summed E-state index contributed by atoms with van der Waals surface area (Å²) in [7, 11) is 0. The van der Waals surface area contributed by atoms with Crippen LogP contribution in [0.1, 0.15) is 26.7 Å². The summed E-state index contributed by atoms with van der Waals surface area (Å²) in [6.45, 7) is 8.30. The van der Waals surface area contributed by atoms with Gasteiger partial charge in [0.1, 0.15) is 0 Å². The predicted octanol–water partition coefficient (Wildman–Crippen LogP) is 1.43. The Morgan fingerprint density at radius 2 is 2.00 bits per heavy atom. The van der Waals surface area contributed by atoms with Gasteiger partial charge in [0.05, 0.1) is 0 Å². The van der Waals surface area contributed by atoms with Crippen molar-refractivity contribution < 1.29 is 0 Å². The lowest BCUT2D eigenvalue weighted by Crippen LogP contribution is -2.56. The minimum absolute atomic E-state index is 0.532. The number of hydrogen-bond donors (Lipinski definition) is 1. The van der Waals surface area contributed by atoms with Crippen LogP contribution in [0.4, 0.5) is 0 Å². The van der Waals surface area contributed by atoms with Crippen LogP contribution in [0.2, 0.25) is 0 Å². The number of thiol groups is 1. The molecule has 0 aromatic carbocycles. The van der Waals surface area contributed by atoms with Gasteiger partial charge >= 0.3 is 0 Å². The third-order valence-corrected chi connectivity index (χ3v) is 3.89. The van der Waals surface area contributed by atoms with Gasteiger partial charge in [0.25, 0.3) is 0 Å². The monoisotopic (exact) mass is 200 g/mol. The molecule has 1 aliphatic carbocycles. The van der Waals surface area contributed by atoms with Crippen LogP contribution in [0.15, 0.2) is 0 Å². The normalized spacial score (nSPS) is 28.6. The maximum Gasteiger partial charge on any atom is 0.0420 e. The number of hydrogen-bond acceptors (Lipinski definition) is 3. The van der Waals surface area contributed by atoms with Crippen LogP contribution in [-0.2, 0) is 0 Å². The second-order valence-corrected chi connectivity index (χ2v) is 4.98. The lowest BCUT2D eigenvalue weighted by Gasteiger charge is -2.43. The molecule has 1 saturated heterocycles. The van der Waals surface area contributed by atoms with E-state index in [0.29, 0.717) is 11.6 Å². The van der Waals surface area contributed by atoms with Crippen molar-refractivity contribution in [1.29, 1.82) is 0 Å². The van der Waals surface area contributed by atoms with Gasteiger partial charge in [-0.15, -0.1) is 0 Å². The fourth-order valence-electron chi connectivity index (χ4n) is 2.32. The van der Waals surface area contributed by atoms with Gasteiger partial charge in [-0.2, -0.15) is 12.6 Å². The molecule has 13 heavy (non-hydrogen) atoms. The summed E-state index contributed by atoms with van der Waals surface area (Å²) in [5.41, 5.74) is 0.532. The fraction of sp³-hybridized carbons (Fsp3) is 1.00. The molecule has 0 amide bonds. The topological polar surface area (TPSA) is 6.48 Å². The first-order chi connectivity index (χ1) is 6.18. The zero-order chi connectivity index (χ0) is 9.47. The molecular weight excluding hydrogens is 180 g/mol. The Morgan fingerprint density at radius 3 is 2.46 bits per heavy atom. The van der Waals surface area contributed by atoms with Crippen molar-refractivity contribution in [3.05, 3.63) is 0 Å². The summed E-state index contributed by atoms with van der Waals surface area (Å²) in [6, 6.07) is 0.708. The SMILES string of the molecule is CC(C)N1CCN(CS)C2(CC2)C1. The van der Waals surface area contributed by atoms with Crippen LogP contribution in [0, 0.1) is 0 Å². The highest BCUT2D eigenvalue weighted by atomic mass is 32.1. The third kappa shape index (κ3) is 1.74. The first-order valence-electron chi connectivity index (χ1n) is 5.28. The van der Waals surface area contributed by atoms with E-state index >= 15 is 0 Å². The molecule has 2 nitrogen and oxygen atoms in total. The number of rotatable bonds is 2. The van der Waals surface area contributed by atoms with E-state index in [9.17, 15) is 0 Å². The molecule has 0 bridgehead atoms. The highest BCUT2D eigenvalue weighted by Gasteiger charge is 2.50. The average molecular weight is 200 g/mol. The van der Waals surface area contributed by atoms with Crippen molar-refractivity contribution in [3.63, 3.8) is 0 Å². The van der Waals surface area contributed by atoms with Gasteiger partial charge in [0, 0.05) is 37.1 Å². The second kappa shape index (κ2) is 3.44. The van der Waals surface area contributed by atoms with E-state index in [4.69, 9.17) is 0 Å². The van der Waals surface area contributed by atoms with Crippen molar-refractivity contribution in [2.24, 2.45) is 0 Å². The predicted molar refractivity (Wildman–Crippen MR) is 59.2 cm³/mol. The van der Waals surface area contributed by atoms with Gasteiger partial charge in [-0.25, -0.2) is 0 Å². The summed E-state index contributed by atoms with van der Waals surface area (Å²) >= 11 is 4.41. The largest absolute Gasteiger partial charge is 0.298 e. The van der Waals surface area contributed by atoms with Crippen LogP contribution < -0.4 is 0 Å². The van der Waals surface area contributed by atoms with E-state index < -0.39 is 0 Å². The summed E-state index contributed by atoms with van der Waals surface area (Å²) in [4.78, 5) is 5.15. The molecule has 1 spiro atoms. The summed E-state index contributed by atoms with van der Waals surface area (Å²) in [5.74, 6) is 0.936. The molecule has 0 aromatic rings. The first kappa shape index (κ1) is 9.81. The zero-order valence-corrected chi connectivity index (χ0v) is 9.56. The van der Waals surface area contributed by atoms with Crippen molar-refractivity contribution in [1.82, 2.24) is 9.80 Å². The van der Waals surface area contributed by atoms with Gasteiger partial charge in [-0.05, 0) is 26.7 Å². The van der Waals surface area contributed by atoms with Crippen LogP contribution >= 0.6 is 12.6 Å². The maximum absolute atomic E-state index is 4.41. The van der Waals surface area contributed by atoms with Crippen molar-refractivity contribution in [2.75, 3.05) is 25.5 Å². The zero-order valence-electron chi connectivity index (χ0n) is 8.66. The minimum atomic E-state index is 0.532. The molecule has 1 aliphatic heterocycles. The Bertz CT molecular complexity index is 189. The molecule has 2 rings (SSSR count). The molecule has 76 valence electrons. The van der Waals surface area contributed by atoms with E-state index in [1.54, 1.807) is 0 Å². The third-order valence-electron chi connectivity index (χ3n) is 3.55. The molecule has 1 saturated carbocycles. The molecule has 3 heteroatoms. The van der Waals surface area contributed by atoms with Crippen LogP contribution in [0.25, 0.3) is 0 Å². The van der Waals surface area contributed by atoms with Gasteiger partial charge in [-0.3, -0.25) is 9.80 Å². The smallest absolute Gasteiger partial charge is 0.0420 e.